The van der Waals surface area contributed by atoms with Crippen LogP contribution in [0.4, 0.5) is 0 Å². The van der Waals surface area contributed by atoms with Gasteiger partial charge in [-0.3, -0.25) is 4.79 Å². The van der Waals surface area contributed by atoms with Gasteiger partial charge in [0.2, 0.25) is 17.6 Å². The highest BCUT2D eigenvalue weighted by Crippen LogP contribution is 2.17. The lowest BCUT2D eigenvalue weighted by molar-refractivity contribution is -0.131. The Balaban J connectivity index is 1.60. The van der Waals surface area contributed by atoms with E-state index < -0.39 is 0 Å². The van der Waals surface area contributed by atoms with E-state index in [1.807, 2.05) is 24.3 Å². The summed E-state index contributed by atoms with van der Waals surface area (Å²) in [5.41, 5.74) is 0.988. The topological polar surface area (TPSA) is 81.6 Å². The molecule has 0 bridgehead atoms. The molecule has 0 saturated heterocycles. The Morgan fingerprint density at radius 2 is 2.22 bits per heavy atom. The smallest absolute Gasteiger partial charge is 0.238 e. The number of aromatic nitrogens is 2. The van der Waals surface area contributed by atoms with Crippen molar-refractivity contribution in [2.24, 2.45) is 0 Å². The summed E-state index contributed by atoms with van der Waals surface area (Å²) in [6.45, 7) is 4.67. The summed E-state index contributed by atoms with van der Waals surface area (Å²) in [5, 5.41) is 3.87. The summed E-state index contributed by atoms with van der Waals surface area (Å²) in [5.74, 6) is 2.05. The van der Waals surface area contributed by atoms with Crippen molar-refractivity contribution in [2.45, 2.75) is 19.4 Å². The van der Waals surface area contributed by atoms with Crippen LogP contribution in [-0.4, -0.2) is 34.6 Å². The van der Waals surface area contributed by atoms with Crippen LogP contribution in [0.2, 0.25) is 0 Å². The lowest BCUT2D eigenvalue weighted by Gasteiger charge is -2.21. The number of rotatable bonds is 9. The predicted octanol–water partition coefficient (Wildman–Crippen LogP) is 3.49. The van der Waals surface area contributed by atoms with Gasteiger partial charge in [0.15, 0.2) is 5.76 Å². The second-order valence-corrected chi connectivity index (χ2v) is 5.90. The molecular formula is C20H21N3O4. The quantitative estimate of drug-likeness (QED) is 0.539. The highest BCUT2D eigenvalue weighted by atomic mass is 16.5. The minimum Gasteiger partial charge on any atom is -0.497 e. The van der Waals surface area contributed by atoms with Gasteiger partial charge in [0.1, 0.15) is 5.75 Å². The summed E-state index contributed by atoms with van der Waals surface area (Å²) in [6.07, 6.45) is 3.87. The van der Waals surface area contributed by atoms with Gasteiger partial charge in [-0.25, -0.2) is 0 Å². The van der Waals surface area contributed by atoms with Crippen LogP contribution in [0.25, 0.3) is 11.6 Å². The Morgan fingerprint density at radius 1 is 1.33 bits per heavy atom. The first-order valence-electron chi connectivity index (χ1n) is 8.57. The van der Waals surface area contributed by atoms with E-state index in [9.17, 15) is 4.79 Å². The number of amides is 1. The lowest BCUT2D eigenvalue weighted by Crippen LogP contribution is -2.30. The third-order valence-corrected chi connectivity index (χ3v) is 3.97. The van der Waals surface area contributed by atoms with Gasteiger partial charge in [0.05, 0.1) is 13.4 Å². The number of carbonyl (C=O) groups excluding carboxylic acids is 1. The maximum absolute atomic E-state index is 12.6. The van der Waals surface area contributed by atoms with E-state index in [0.717, 1.165) is 11.3 Å². The molecule has 7 nitrogen and oxygen atoms in total. The van der Waals surface area contributed by atoms with E-state index >= 15 is 0 Å². The van der Waals surface area contributed by atoms with Gasteiger partial charge in [-0.2, -0.15) is 4.98 Å². The molecule has 0 unspecified atom stereocenters. The molecule has 0 saturated carbocycles. The molecule has 0 aliphatic rings. The minimum atomic E-state index is -0.0181. The molecule has 0 aliphatic carbocycles. The largest absolute Gasteiger partial charge is 0.497 e. The SMILES string of the molecule is C=CCN(Cc1cccc(OC)c1)C(=O)CCc1nc(-c2ccco2)no1. The van der Waals surface area contributed by atoms with Gasteiger partial charge < -0.3 is 18.6 Å². The van der Waals surface area contributed by atoms with Crippen LogP contribution in [0.1, 0.15) is 17.9 Å². The van der Waals surface area contributed by atoms with Gasteiger partial charge in [-0.05, 0) is 29.8 Å². The summed E-state index contributed by atoms with van der Waals surface area (Å²) >= 11 is 0. The zero-order valence-electron chi connectivity index (χ0n) is 15.1. The minimum absolute atomic E-state index is 0.0181. The van der Waals surface area contributed by atoms with E-state index in [-0.39, 0.29) is 12.3 Å². The van der Waals surface area contributed by atoms with E-state index in [2.05, 4.69) is 16.7 Å². The van der Waals surface area contributed by atoms with Gasteiger partial charge in [0, 0.05) is 25.9 Å². The first-order valence-corrected chi connectivity index (χ1v) is 8.57. The average Bonchev–Trinajstić information content (AvgIpc) is 3.37. The summed E-state index contributed by atoms with van der Waals surface area (Å²) in [4.78, 5) is 18.6. The molecule has 3 aromatic rings. The van der Waals surface area contributed by atoms with Crippen LogP contribution >= 0.6 is 0 Å². The van der Waals surface area contributed by atoms with Crippen molar-refractivity contribution in [3.8, 4) is 17.3 Å². The maximum Gasteiger partial charge on any atom is 0.238 e. The van der Waals surface area contributed by atoms with Crippen LogP contribution in [0, 0.1) is 0 Å². The Labute approximate surface area is 157 Å². The summed E-state index contributed by atoms with van der Waals surface area (Å²) in [6, 6.07) is 11.1. The fourth-order valence-electron chi connectivity index (χ4n) is 2.64. The highest BCUT2D eigenvalue weighted by molar-refractivity contribution is 5.76. The molecule has 7 heteroatoms. The molecule has 3 rings (SSSR count). The van der Waals surface area contributed by atoms with Gasteiger partial charge >= 0.3 is 0 Å². The van der Waals surface area contributed by atoms with Crippen molar-refractivity contribution in [1.29, 1.82) is 0 Å². The zero-order chi connectivity index (χ0) is 19.1. The maximum atomic E-state index is 12.6. The molecule has 0 radical (unpaired) electrons. The Morgan fingerprint density at radius 3 is 2.96 bits per heavy atom. The molecule has 0 spiro atoms. The number of carbonyl (C=O) groups is 1. The van der Waals surface area contributed by atoms with Crippen molar-refractivity contribution in [2.75, 3.05) is 13.7 Å². The number of hydrogen-bond acceptors (Lipinski definition) is 6. The molecule has 2 aromatic heterocycles. The molecule has 1 aromatic carbocycles. The van der Waals surface area contributed by atoms with E-state index in [4.69, 9.17) is 13.7 Å². The van der Waals surface area contributed by atoms with Gasteiger partial charge in [-0.1, -0.05) is 23.4 Å². The molecule has 1 amide bonds. The number of methoxy groups -OCH3 is 1. The van der Waals surface area contributed by atoms with Gasteiger partial charge in [0.25, 0.3) is 0 Å². The van der Waals surface area contributed by atoms with E-state index in [1.54, 1.807) is 36.5 Å². The third kappa shape index (κ3) is 4.84. The van der Waals surface area contributed by atoms with Crippen molar-refractivity contribution >= 4 is 5.91 Å². The molecule has 27 heavy (non-hydrogen) atoms. The van der Waals surface area contributed by atoms with Crippen molar-refractivity contribution in [3.05, 3.63) is 66.8 Å². The number of furan rings is 1. The van der Waals surface area contributed by atoms with Crippen LogP contribution in [0.5, 0.6) is 5.75 Å². The van der Waals surface area contributed by atoms with Crippen molar-refractivity contribution < 1.29 is 18.5 Å². The molecule has 2 heterocycles. The van der Waals surface area contributed by atoms with Crippen LogP contribution in [0.3, 0.4) is 0 Å². The first kappa shape index (κ1) is 18.4. The van der Waals surface area contributed by atoms with E-state index in [0.29, 0.717) is 37.0 Å². The lowest BCUT2D eigenvalue weighted by atomic mass is 10.2. The second kappa shape index (κ2) is 8.84. The predicted molar refractivity (Wildman–Crippen MR) is 98.9 cm³/mol. The number of aryl methyl sites for hydroxylation is 1. The molecular weight excluding hydrogens is 346 g/mol. The van der Waals surface area contributed by atoms with Gasteiger partial charge in [-0.15, -0.1) is 6.58 Å². The number of ether oxygens (including phenoxy) is 1. The van der Waals surface area contributed by atoms with E-state index in [1.165, 1.54) is 0 Å². The third-order valence-electron chi connectivity index (χ3n) is 3.97. The summed E-state index contributed by atoms with van der Waals surface area (Å²) in [7, 11) is 1.62. The monoisotopic (exact) mass is 367 g/mol. The Bertz CT molecular complexity index is 886. The Hall–Kier alpha value is -3.35. The molecule has 0 N–H and O–H groups in total. The summed E-state index contributed by atoms with van der Waals surface area (Å²) < 4.78 is 15.7. The zero-order valence-corrected chi connectivity index (χ0v) is 15.1. The fourth-order valence-corrected chi connectivity index (χ4v) is 2.64. The average molecular weight is 367 g/mol. The fraction of sp³-hybridized carbons (Fsp3) is 0.250. The van der Waals surface area contributed by atoms with Crippen molar-refractivity contribution in [1.82, 2.24) is 15.0 Å². The van der Waals surface area contributed by atoms with Crippen LogP contribution in [-0.2, 0) is 17.8 Å². The standard InChI is InChI=1S/C20H21N3O4/c1-3-11-23(14-15-6-4-7-16(13-15)25-2)19(24)10-9-18-21-20(22-27-18)17-8-5-12-26-17/h3-8,12-13H,1,9-11,14H2,2H3. The molecule has 0 aliphatic heterocycles. The highest BCUT2D eigenvalue weighted by Gasteiger charge is 2.16. The normalized spacial score (nSPS) is 10.6. The molecule has 0 fully saturated rings. The molecule has 0 atom stereocenters. The van der Waals surface area contributed by atoms with Crippen LogP contribution < -0.4 is 4.74 Å². The Kier molecular flexibility index (Phi) is 6.04. The van der Waals surface area contributed by atoms with Crippen LogP contribution in [0.15, 0.2) is 64.3 Å². The second-order valence-electron chi connectivity index (χ2n) is 5.90. The van der Waals surface area contributed by atoms with Crippen molar-refractivity contribution in [3.63, 3.8) is 0 Å². The number of benzene rings is 1. The number of nitrogens with zero attached hydrogens (tertiary/aromatic N) is 3. The first-order chi connectivity index (χ1) is 13.2. The number of hydrogen-bond donors (Lipinski definition) is 0. The molecule has 140 valence electrons.